The first-order chi connectivity index (χ1) is 6.29. The molecule has 4 nitrogen and oxygen atoms in total. The van der Waals surface area contributed by atoms with E-state index >= 15 is 0 Å². The number of carbonyl (C=O) groups excluding carboxylic acids is 1. The molecule has 0 radical (unpaired) electrons. The van der Waals surface area contributed by atoms with Crippen LogP contribution >= 0.6 is 0 Å². The van der Waals surface area contributed by atoms with E-state index in [1.165, 1.54) is 6.33 Å². The summed E-state index contributed by atoms with van der Waals surface area (Å²) >= 11 is 0. The van der Waals surface area contributed by atoms with E-state index in [1.807, 2.05) is 0 Å². The molecule has 0 aliphatic heterocycles. The maximum absolute atomic E-state index is 10.6. The summed E-state index contributed by atoms with van der Waals surface area (Å²) in [4.78, 5) is 18.2. The molecule has 0 aliphatic rings. The van der Waals surface area contributed by atoms with Crippen molar-refractivity contribution in [3.05, 3.63) is 36.3 Å². The molecule has 1 aromatic carbocycles. The molecule has 0 fully saturated rings. The van der Waals surface area contributed by atoms with Crippen molar-refractivity contribution in [1.29, 1.82) is 0 Å². The van der Waals surface area contributed by atoms with Gasteiger partial charge in [-0.1, -0.05) is 18.2 Å². The molecule has 0 saturated carbocycles. The van der Waals surface area contributed by atoms with Crippen LogP contribution in [0.15, 0.2) is 30.6 Å². The van der Waals surface area contributed by atoms with Crippen molar-refractivity contribution in [2.24, 2.45) is 0 Å². The predicted molar refractivity (Wildman–Crippen MR) is 43.9 cm³/mol. The van der Waals surface area contributed by atoms with Gasteiger partial charge in [-0.3, -0.25) is 0 Å². The van der Waals surface area contributed by atoms with E-state index in [0.717, 1.165) is 0 Å². The van der Waals surface area contributed by atoms with Gasteiger partial charge in [0.1, 0.15) is 6.33 Å². The Kier molecular flexibility index (Phi) is 3.23. The zero-order chi connectivity index (χ0) is 9.26. The zero-order valence-electron chi connectivity index (χ0n) is 7.60. The fraction of sp³-hybridized carbons (Fsp3) is 0. The molecule has 0 N–H and O–H groups in total. The van der Waals surface area contributed by atoms with Crippen LogP contribution in [0, 0.1) is 0 Å². The summed E-state index contributed by atoms with van der Waals surface area (Å²) in [6.45, 7) is 0. The second-order valence-electron chi connectivity index (χ2n) is 2.53. The Morgan fingerprint density at radius 3 is 2.64 bits per heavy atom. The largest absolute Gasteiger partial charge is 1.00 e. The average molecular weight is 180 g/mol. The SMILES string of the molecule is O=C([O-])c1ncnc2ccccc12.[Li+]. The van der Waals surface area contributed by atoms with Crippen LogP contribution in [0.5, 0.6) is 0 Å². The topological polar surface area (TPSA) is 65.9 Å². The quantitative estimate of drug-likeness (QED) is 0.438. The molecule has 5 heteroatoms. The standard InChI is InChI=1S/C9H6N2O2.Li/c12-9(13)8-6-3-1-2-4-7(6)10-5-11-8;/h1-5H,(H,12,13);/q;+1/p-1. The van der Waals surface area contributed by atoms with Crippen molar-refractivity contribution in [3.63, 3.8) is 0 Å². The first-order valence-electron chi connectivity index (χ1n) is 3.70. The molecule has 0 aliphatic carbocycles. The molecule has 0 amide bonds. The van der Waals surface area contributed by atoms with Crippen LogP contribution in [-0.4, -0.2) is 15.9 Å². The van der Waals surface area contributed by atoms with Crippen molar-refractivity contribution in [2.45, 2.75) is 0 Å². The summed E-state index contributed by atoms with van der Waals surface area (Å²) in [5, 5.41) is 11.1. The van der Waals surface area contributed by atoms with Crippen molar-refractivity contribution < 1.29 is 28.8 Å². The summed E-state index contributed by atoms with van der Waals surface area (Å²) in [6, 6.07) is 6.90. The molecule has 2 aromatic rings. The van der Waals surface area contributed by atoms with Crippen molar-refractivity contribution in [1.82, 2.24) is 9.97 Å². The van der Waals surface area contributed by atoms with Crippen LogP contribution in [0.2, 0.25) is 0 Å². The molecule has 0 atom stereocenters. The van der Waals surface area contributed by atoms with Crippen LogP contribution in [0.4, 0.5) is 0 Å². The van der Waals surface area contributed by atoms with Gasteiger partial charge in [0.15, 0.2) is 0 Å². The van der Waals surface area contributed by atoms with Crippen molar-refractivity contribution in [3.8, 4) is 0 Å². The molecule has 0 spiro atoms. The fourth-order valence-corrected chi connectivity index (χ4v) is 1.17. The molecule has 2 rings (SSSR count). The van der Waals surface area contributed by atoms with Gasteiger partial charge in [-0.2, -0.15) is 0 Å². The van der Waals surface area contributed by atoms with Crippen LogP contribution in [0.25, 0.3) is 10.9 Å². The van der Waals surface area contributed by atoms with Crippen LogP contribution in [0.3, 0.4) is 0 Å². The third-order valence-electron chi connectivity index (χ3n) is 1.74. The zero-order valence-corrected chi connectivity index (χ0v) is 7.60. The number of rotatable bonds is 1. The number of nitrogens with zero attached hydrogens (tertiary/aromatic N) is 2. The average Bonchev–Trinajstić information content (AvgIpc) is 2.17. The number of hydrogen-bond donors (Lipinski definition) is 0. The third kappa shape index (κ3) is 1.76. The Bertz CT molecular complexity index is 468. The van der Waals surface area contributed by atoms with Gasteiger partial charge >= 0.3 is 18.9 Å². The smallest absolute Gasteiger partial charge is 0.543 e. The minimum Gasteiger partial charge on any atom is -0.543 e. The van der Waals surface area contributed by atoms with Gasteiger partial charge in [0.25, 0.3) is 0 Å². The number of aromatic nitrogens is 2. The Balaban J connectivity index is 0.000000980. The molecule has 14 heavy (non-hydrogen) atoms. The van der Waals surface area contributed by atoms with E-state index in [0.29, 0.717) is 10.9 Å². The number of carbonyl (C=O) groups is 1. The van der Waals surface area contributed by atoms with Crippen LogP contribution in [0.1, 0.15) is 10.5 Å². The summed E-state index contributed by atoms with van der Waals surface area (Å²) in [6.07, 6.45) is 1.22. The number of carboxylic acid groups (broad SMARTS) is 1. The molecule has 0 bridgehead atoms. The van der Waals surface area contributed by atoms with E-state index < -0.39 is 5.97 Å². The second kappa shape index (κ2) is 4.23. The Morgan fingerprint density at radius 1 is 1.21 bits per heavy atom. The van der Waals surface area contributed by atoms with E-state index in [9.17, 15) is 9.90 Å². The summed E-state index contributed by atoms with van der Waals surface area (Å²) in [7, 11) is 0. The summed E-state index contributed by atoms with van der Waals surface area (Å²) < 4.78 is 0. The normalized spacial score (nSPS) is 9.43. The summed E-state index contributed by atoms with van der Waals surface area (Å²) in [5.74, 6) is -1.28. The Labute approximate surface area is 92.2 Å². The fourth-order valence-electron chi connectivity index (χ4n) is 1.17. The van der Waals surface area contributed by atoms with Crippen LogP contribution in [-0.2, 0) is 0 Å². The van der Waals surface area contributed by atoms with Gasteiger partial charge in [0.05, 0.1) is 17.2 Å². The van der Waals surface area contributed by atoms with Crippen molar-refractivity contribution >= 4 is 16.9 Å². The van der Waals surface area contributed by atoms with E-state index in [4.69, 9.17) is 0 Å². The van der Waals surface area contributed by atoms with E-state index in [2.05, 4.69) is 9.97 Å². The van der Waals surface area contributed by atoms with Gasteiger partial charge in [-0.15, -0.1) is 0 Å². The number of para-hydroxylation sites is 1. The number of carboxylic acids is 1. The first-order valence-corrected chi connectivity index (χ1v) is 3.70. The monoisotopic (exact) mass is 180 g/mol. The number of fused-ring (bicyclic) bond motifs is 1. The minimum atomic E-state index is -1.28. The predicted octanol–water partition coefficient (Wildman–Crippen LogP) is -3.00. The Hall–Kier alpha value is -1.37. The van der Waals surface area contributed by atoms with Gasteiger partial charge in [-0.25, -0.2) is 9.97 Å². The molecule has 0 unspecified atom stereocenters. The van der Waals surface area contributed by atoms with Gasteiger partial charge in [0.2, 0.25) is 0 Å². The molecular formula is C9H5LiN2O2. The van der Waals surface area contributed by atoms with Gasteiger partial charge in [0, 0.05) is 5.39 Å². The van der Waals surface area contributed by atoms with Crippen molar-refractivity contribution in [2.75, 3.05) is 0 Å². The second-order valence-corrected chi connectivity index (χ2v) is 2.53. The third-order valence-corrected chi connectivity index (χ3v) is 1.74. The number of hydrogen-bond acceptors (Lipinski definition) is 4. The van der Waals surface area contributed by atoms with Gasteiger partial charge < -0.3 is 9.90 Å². The summed E-state index contributed by atoms with van der Waals surface area (Å²) in [5.41, 5.74) is 0.544. The first kappa shape index (κ1) is 10.7. The Morgan fingerprint density at radius 2 is 1.93 bits per heavy atom. The van der Waals surface area contributed by atoms with E-state index in [1.54, 1.807) is 24.3 Å². The number of aromatic carboxylic acids is 1. The molecule has 0 saturated heterocycles. The minimum absolute atomic E-state index is 0. The molecule has 1 heterocycles. The van der Waals surface area contributed by atoms with E-state index in [-0.39, 0.29) is 24.6 Å². The molecule has 1 aromatic heterocycles. The molecular weight excluding hydrogens is 175 g/mol. The molecule has 64 valence electrons. The van der Waals surface area contributed by atoms with Gasteiger partial charge in [-0.05, 0) is 6.07 Å². The van der Waals surface area contributed by atoms with Crippen LogP contribution < -0.4 is 24.0 Å². The maximum Gasteiger partial charge on any atom is 1.00 e. The maximum atomic E-state index is 10.6. The number of benzene rings is 1.